The minimum absolute atomic E-state index is 0.0953. The maximum absolute atomic E-state index is 12.4. The molecule has 0 heterocycles. The van der Waals surface area contributed by atoms with Gasteiger partial charge in [0.25, 0.3) is 0 Å². The Morgan fingerprint density at radius 3 is 1.87 bits per heavy atom. The van der Waals surface area contributed by atoms with Crippen molar-refractivity contribution in [3.63, 3.8) is 0 Å². The minimum atomic E-state index is -1.37. The SMILES string of the molecule is C=C(COc1ccccc1)C(C(C)=O)(C(C)=O)c1ccccc1. The predicted octanol–water partition coefficient (Wildman–Crippen LogP) is 3.74. The van der Waals surface area contributed by atoms with Gasteiger partial charge >= 0.3 is 0 Å². The first-order valence-corrected chi connectivity index (χ1v) is 7.43. The van der Waals surface area contributed by atoms with E-state index in [0.29, 0.717) is 16.9 Å². The summed E-state index contributed by atoms with van der Waals surface area (Å²) in [6.07, 6.45) is 0. The smallest absolute Gasteiger partial charge is 0.152 e. The average Bonchev–Trinajstić information content (AvgIpc) is 2.55. The minimum Gasteiger partial charge on any atom is -0.489 e. The van der Waals surface area contributed by atoms with E-state index in [0.717, 1.165) is 0 Å². The Labute approximate surface area is 136 Å². The van der Waals surface area contributed by atoms with Crippen LogP contribution in [-0.2, 0) is 15.0 Å². The molecule has 0 aliphatic rings. The van der Waals surface area contributed by atoms with Crippen LogP contribution in [0.2, 0.25) is 0 Å². The largest absolute Gasteiger partial charge is 0.489 e. The van der Waals surface area contributed by atoms with Gasteiger partial charge in [-0.3, -0.25) is 9.59 Å². The summed E-state index contributed by atoms with van der Waals surface area (Å²) in [6, 6.07) is 18.3. The molecule has 23 heavy (non-hydrogen) atoms. The Kier molecular flexibility index (Phi) is 5.12. The second kappa shape index (κ2) is 7.05. The van der Waals surface area contributed by atoms with Crippen molar-refractivity contribution in [2.24, 2.45) is 0 Å². The number of rotatable bonds is 7. The number of para-hydroxylation sites is 1. The summed E-state index contributed by atoms with van der Waals surface area (Å²) in [6.45, 7) is 6.93. The van der Waals surface area contributed by atoms with Crippen molar-refractivity contribution in [3.05, 3.63) is 78.4 Å². The van der Waals surface area contributed by atoms with Crippen LogP contribution in [0.1, 0.15) is 19.4 Å². The quantitative estimate of drug-likeness (QED) is 0.578. The molecule has 0 amide bonds. The van der Waals surface area contributed by atoms with Gasteiger partial charge in [0.15, 0.2) is 11.6 Å². The number of Topliss-reactive ketones (excluding diaryl/α,β-unsaturated/α-hetero) is 2. The van der Waals surface area contributed by atoms with E-state index in [2.05, 4.69) is 6.58 Å². The van der Waals surface area contributed by atoms with Crippen LogP contribution in [0.5, 0.6) is 5.75 Å². The van der Waals surface area contributed by atoms with Gasteiger partial charge < -0.3 is 4.74 Å². The molecule has 0 aliphatic carbocycles. The van der Waals surface area contributed by atoms with E-state index < -0.39 is 5.41 Å². The van der Waals surface area contributed by atoms with Gasteiger partial charge in [-0.2, -0.15) is 0 Å². The highest BCUT2D eigenvalue weighted by Gasteiger charge is 2.45. The molecule has 0 saturated carbocycles. The van der Waals surface area contributed by atoms with Crippen LogP contribution < -0.4 is 4.74 Å². The molecule has 0 unspecified atom stereocenters. The first kappa shape index (κ1) is 16.7. The summed E-state index contributed by atoms with van der Waals surface area (Å²) in [4.78, 5) is 24.8. The summed E-state index contributed by atoms with van der Waals surface area (Å²) < 4.78 is 5.69. The lowest BCUT2D eigenvalue weighted by Gasteiger charge is -2.31. The second-order valence-electron chi connectivity index (χ2n) is 5.43. The fraction of sp³-hybridized carbons (Fsp3) is 0.200. The normalized spacial score (nSPS) is 10.9. The summed E-state index contributed by atoms with van der Waals surface area (Å²) in [7, 11) is 0. The Balaban J connectivity index is 2.36. The number of ketones is 2. The van der Waals surface area contributed by atoms with E-state index in [9.17, 15) is 9.59 Å². The third-order valence-corrected chi connectivity index (χ3v) is 3.95. The topological polar surface area (TPSA) is 43.4 Å². The molecule has 0 radical (unpaired) electrons. The lowest BCUT2D eigenvalue weighted by atomic mass is 9.69. The van der Waals surface area contributed by atoms with Crippen molar-refractivity contribution < 1.29 is 14.3 Å². The summed E-state index contributed by atoms with van der Waals surface area (Å²) >= 11 is 0. The number of carbonyl (C=O) groups excluding carboxylic acids is 2. The molecule has 2 rings (SSSR count). The van der Waals surface area contributed by atoms with Crippen molar-refractivity contribution in [2.75, 3.05) is 6.61 Å². The van der Waals surface area contributed by atoms with Gasteiger partial charge in [-0.1, -0.05) is 55.1 Å². The Hall–Kier alpha value is -2.68. The van der Waals surface area contributed by atoms with Crippen LogP contribution >= 0.6 is 0 Å². The van der Waals surface area contributed by atoms with Crippen LogP contribution in [0.15, 0.2) is 72.8 Å². The molecule has 118 valence electrons. The maximum Gasteiger partial charge on any atom is 0.152 e. The van der Waals surface area contributed by atoms with Gasteiger partial charge in [0.2, 0.25) is 0 Å². The summed E-state index contributed by atoms with van der Waals surface area (Å²) in [5.74, 6) is 0.165. The first-order chi connectivity index (χ1) is 11.0. The molecule has 0 spiro atoms. The van der Waals surface area contributed by atoms with Gasteiger partial charge in [-0.15, -0.1) is 0 Å². The van der Waals surface area contributed by atoms with Crippen molar-refractivity contribution in [3.8, 4) is 5.75 Å². The monoisotopic (exact) mass is 308 g/mol. The fourth-order valence-electron chi connectivity index (χ4n) is 2.84. The van der Waals surface area contributed by atoms with Crippen LogP contribution in [-0.4, -0.2) is 18.2 Å². The van der Waals surface area contributed by atoms with Gasteiger partial charge in [0, 0.05) is 0 Å². The third kappa shape index (κ3) is 3.24. The molecule has 2 aromatic rings. The molecule has 0 fully saturated rings. The zero-order valence-electron chi connectivity index (χ0n) is 13.4. The molecule has 2 aromatic carbocycles. The fourth-order valence-corrected chi connectivity index (χ4v) is 2.84. The zero-order chi connectivity index (χ0) is 16.9. The Morgan fingerprint density at radius 1 is 0.913 bits per heavy atom. The molecule has 0 bridgehead atoms. The average molecular weight is 308 g/mol. The van der Waals surface area contributed by atoms with E-state index in [1.54, 1.807) is 24.3 Å². The lowest BCUT2D eigenvalue weighted by molar-refractivity contribution is -0.131. The van der Waals surface area contributed by atoms with Crippen LogP contribution in [0, 0.1) is 0 Å². The molecule has 3 nitrogen and oxygen atoms in total. The van der Waals surface area contributed by atoms with Crippen molar-refractivity contribution in [1.82, 2.24) is 0 Å². The highest BCUT2D eigenvalue weighted by Crippen LogP contribution is 2.34. The Morgan fingerprint density at radius 2 is 1.39 bits per heavy atom. The highest BCUT2D eigenvalue weighted by molar-refractivity contribution is 6.14. The molecule has 0 atom stereocenters. The van der Waals surface area contributed by atoms with Crippen molar-refractivity contribution in [1.29, 1.82) is 0 Å². The number of ether oxygens (including phenoxy) is 1. The number of benzene rings is 2. The summed E-state index contributed by atoms with van der Waals surface area (Å²) in [5, 5.41) is 0. The summed E-state index contributed by atoms with van der Waals surface area (Å²) in [5.41, 5.74) is -0.301. The van der Waals surface area contributed by atoms with E-state index in [4.69, 9.17) is 4.74 Å². The second-order valence-corrected chi connectivity index (χ2v) is 5.43. The van der Waals surface area contributed by atoms with Gasteiger partial charge in [-0.05, 0) is 37.1 Å². The molecule has 0 aliphatic heterocycles. The predicted molar refractivity (Wildman–Crippen MR) is 90.6 cm³/mol. The molecular weight excluding hydrogens is 288 g/mol. The van der Waals surface area contributed by atoms with Crippen LogP contribution in [0.25, 0.3) is 0 Å². The van der Waals surface area contributed by atoms with Gasteiger partial charge in [0.1, 0.15) is 17.8 Å². The van der Waals surface area contributed by atoms with Crippen LogP contribution in [0.4, 0.5) is 0 Å². The number of carbonyl (C=O) groups is 2. The maximum atomic E-state index is 12.4. The molecule has 0 N–H and O–H groups in total. The number of hydrogen-bond donors (Lipinski definition) is 0. The first-order valence-electron chi connectivity index (χ1n) is 7.43. The third-order valence-electron chi connectivity index (χ3n) is 3.95. The lowest BCUT2D eigenvalue weighted by Crippen LogP contribution is -2.44. The standard InChI is InChI=1S/C20H20O3/c1-15(14-23-19-12-8-5-9-13-19)20(16(2)21,17(3)22)18-10-6-4-7-11-18/h4-13H,1,14H2,2-3H3. The molecule has 3 heteroatoms. The Bertz CT molecular complexity index is 688. The van der Waals surface area contributed by atoms with E-state index in [1.165, 1.54) is 13.8 Å². The van der Waals surface area contributed by atoms with E-state index >= 15 is 0 Å². The molecular formula is C20H20O3. The van der Waals surface area contributed by atoms with Gasteiger partial charge in [-0.25, -0.2) is 0 Å². The van der Waals surface area contributed by atoms with E-state index in [1.807, 2.05) is 36.4 Å². The molecule has 0 aromatic heterocycles. The van der Waals surface area contributed by atoms with E-state index in [-0.39, 0.29) is 18.2 Å². The zero-order valence-corrected chi connectivity index (χ0v) is 13.4. The molecule has 0 saturated heterocycles. The van der Waals surface area contributed by atoms with Crippen molar-refractivity contribution in [2.45, 2.75) is 19.3 Å². The highest BCUT2D eigenvalue weighted by atomic mass is 16.5. The van der Waals surface area contributed by atoms with Crippen molar-refractivity contribution >= 4 is 11.6 Å². The van der Waals surface area contributed by atoms with Gasteiger partial charge in [0.05, 0.1) is 0 Å². The number of hydrogen-bond acceptors (Lipinski definition) is 3. The van der Waals surface area contributed by atoms with Crippen LogP contribution in [0.3, 0.4) is 0 Å².